The number of carbonyl (C=O) groups is 4. The van der Waals surface area contributed by atoms with E-state index in [9.17, 15) is 19.2 Å². The summed E-state index contributed by atoms with van der Waals surface area (Å²) in [6, 6.07) is 12.5. The van der Waals surface area contributed by atoms with Crippen molar-refractivity contribution in [2.45, 2.75) is 26.7 Å². The summed E-state index contributed by atoms with van der Waals surface area (Å²) in [6.07, 6.45) is 0.537. The molecule has 30 heavy (non-hydrogen) atoms. The molecule has 0 fully saturated rings. The first kappa shape index (κ1) is 22.6. The smallest absolute Gasteiger partial charge is 0.411 e. The third kappa shape index (κ3) is 7.05. The Hall–Kier alpha value is -3.68. The number of Topliss-reactive ketones (excluding diaryl/α,β-unsaturated/α-hetero) is 1. The van der Waals surface area contributed by atoms with Crippen molar-refractivity contribution in [1.29, 1.82) is 0 Å². The molecule has 0 heterocycles. The summed E-state index contributed by atoms with van der Waals surface area (Å²) in [4.78, 5) is 47.5. The van der Waals surface area contributed by atoms with E-state index in [1.54, 1.807) is 43.3 Å². The second kappa shape index (κ2) is 11.4. The van der Waals surface area contributed by atoms with Gasteiger partial charge in [-0.05, 0) is 55.8 Å². The van der Waals surface area contributed by atoms with Crippen molar-refractivity contribution in [1.82, 2.24) is 0 Å². The van der Waals surface area contributed by atoms with Crippen molar-refractivity contribution >= 4 is 35.1 Å². The molecule has 8 nitrogen and oxygen atoms in total. The zero-order valence-electron chi connectivity index (χ0n) is 16.9. The maximum absolute atomic E-state index is 12.3. The fourth-order valence-electron chi connectivity index (χ4n) is 2.50. The van der Waals surface area contributed by atoms with Crippen LogP contribution < -0.4 is 10.6 Å². The molecule has 158 valence electrons. The van der Waals surface area contributed by atoms with Crippen LogP contribution in [0.25, 0.3) is 0 Å². The van der Waals surface area contributed by atoms with Crippen molar-refractivity contribution in [3.05, 3.63) is 59.7 Å². The summed E-state index contributed by atoms with van der Waals surface area (Å²) in [7, 11) is 0. The molecule has 0 saturated carbocycles. The van der Waals surface area contributed by atoms with E-state index in [1.165, 1.54) is 12.1 Å². The number of hydrogen-bond donors (Lipinski definition) is 2. The van der Waals surface area contributed by atoms with Gasteiger partial charge in [-0.1, -0.05) is 13.0 Å². The molecule has 0 saturated heterocycles. The average Bonchev–Trinajstić information content (AvgIpc) is 2.72. The van der Waals surface area contributed by atoms with E-state index in [0.717, 1.165) is 6.42 Å². The van der Waals surface area contributed by atoms with Crippen LogP contribution in [0.3, 0.4) is 0 Å². The van der Waals surface area contributed by atoms with Crippen molar-refractivity contribution < 1.29 is 28.7 Å². The normalized spacial score (nSPS) is 10.1. The molecule has 2 aromatic rings. The summed E-state index contributed by atoms with van der Waals surface area (Å²) < 4.78 is 9.86. The van der Waals surface area contributed by atoms with Crippen LogP contribution in [0.4, 0.5) is 16.2 Å². The van der Waals surface area contributed by atoms with Crippen LogP contribution in [-0.4, -0.2) is 37.0 Å². The molecule has 0 bridgehead atoms. The topological polar surface area (TPSA) is 111 Å². The Balaban J connectivity index is 1.90. The van der Waals surface area contributed by atoms with Gasteiger partial charge in [-0.2, -0.15) is 0 Å². The lowest BCUT2D eigenvalue weighted by molar-refractivity contribution is -0.116. The number of ether oxygens (including phenoxy) is 2. The third-order valence-corrected chi connectivity index (χ3v) is 3.92. The molecule has 0 aliphatic carbocycles. The van der Waals surface area contributed by atoms with E-state index >= 15 is 0 Å². The lowest BCUT2D eigenvalue weighted by Gasteiger charge is -2.08. The number of anilines is 2. The number of benzene rings is 2. The van der Waals surface area contributed by atoms with Crippen molar-refractivity contribution in [3.63, 3.8) is 0 Å². The number of esters is 1. The summed E-state index contributed by atoms with van der Waals surface area (Å²) in [6.45, 7) is 3.38. The Morgan fingerprint density at radius 2 is 1.57 bits per heavy atom. The maximum Gasteiger partial charge on any atom is 0.411 e. The van der Waals surface area contributed by atoms with Crippen molar-refractivity contribution in [2.24, 2.45) is 0 Å². The molecule has 0 radical (unpaired) electrons. The quantitative estimate of drug-likeness (QED) is 0.475. The van der Waals surface area contributed by atoms with Gasteiger partial charge in [-0.25, -0.2) is 9.59 Å². The molecular weight excluding hydrogens is 388 g/mol. The second-order valence-corrected chi connectivity index (χ2v) is 6.30. The van der Waals surface area contributed by atoms with Gasteiger partial charge >= 0.3 is 12.1 Å². The number of rotatable bonds is 9. The van der Waals surface area contributed by atoms with E-state index in [2.05, 4.69) is 10.6 Å². The minimum Gasteiger partial charge on any atom is -0.454 e. The Kier molecular flexibility index (Phi) is 8.56. The fourth-order valence-corrected chi connectivity index (χ4v) is 2.50. The Labute approximate surface area is 174 Å². The SMILES string of the molecule is CCCC(=O)Nc1ccc(C(=O)COC(=O)c2cccc(NC(=O)OCC)c2)cc1. The number of carbonyl (C=O) groups excluding carboxylic acids is 4. The summed E-state index contributed by atoms with van der Waals surface area (Å²) in [5, 5.41) is 5.22. The van der Waals surface area contributed by atoms with E-state index in [1.807, 2.05) is 6.92 Å². The highest BCUT2D eigenvalue weighted by Gasteiger charge is 2.13. The Morgan fingerprint density at radius 1 is 0.833 bits per heavy atom. The fraction of sp³-hybridized carbons (Fsp3) is 0.273. The number of nitrogens with one attached hydrogen (secondary N) is 2. The first-order valence-corrected chi connectivity index (χ1v) is 9.57. The van der Waals surface area contributed by atoms with Crippen LogP contribution >= 0.6 is 0 Å². The second-order valence-electron chi connectivity index (χ2n) is 6.30. The molecule has 2 N–H and O–H groups in total. The van der Waals surface area contributed by atoms with Gasteiger partial charge in [0.05, 0.1) is 12.2 Å². The van der Waals surface area contributed by atoms with Crippen LogP contribution in [0.5, 0.6) is 0 Å². The molecule has 0 aliphatic heterocycles. The highest BCUT2D eigenvalue weighted by molar-refractivity contribution is 6.00. The predicted octanol–water partition coefficient (Wildman–Crippen LogP) is 4.03. The molecule has 2 amide bonds. The number of hydrogen-bond acceptors (Lipinski definition) is 6. The molecular formula is C22H24N2O6. The molecule has 2 aromatic carbocycles. The van der Waals surface area contributed by atoms with Gasteiger partial charge < -0.3 is 14.8 Å². The maximum atomic E-state index is 12.3. The van der Waals surface area contributed by atoms with Gasteiger partial charge in [-0.15, -0.1) is 0 Å². The van der Waals surface area contributed by atoms with Crippen LogP contribution in [-0.2, 0) is 14.3 Å². The van der Waals surface area contributed by atoms with Crippen LogP contribution in [0.1, 0.15) is 47.4 Å². The summed E-state index contributed by atoms with van der Waals surface area (Å²) in [5.41, 5.74) is 1.50. The average molecular weight is 412 g/mol. The van der Waals surface area contributed by atoms with Gasteiger partial charge in [0, 0.05) is 23.4 Å². The standard InChI is InChI=1S/C22H24N2O6/c1-3-6-20(26)23-17-11-9-15(10-12-17)19(25)14-30-21(27)16-7-5-8-18(13-16)24-22(28)29-4-2/h5,7-13H,3-4,6,14H2,1-2H3,(H,23,26)(H,24,28). The lowest BCUT2D eigenvalue weighted by Crippen LogP contribution is -2.16. The number of amides is 2. The first-order chi connectivity index (χ1) is 14.4. The van der Waals surface area contributed by atoms with Gasteiger partial charge in [0.15, 0.2) is 12.4 Å². The molecule has 8 heteroatoms. The van der Waals surface area contributed by atoms with Gasteiger partial charge in [0.1, 0.15) is 0 Å². The highest BCUT2D eigenvalue weighted by atomic mass is 16.5. The Morgan fingerprint density at radius 3 is 2.23 bits per heavy atom. The minimum atomic E-state index is -0.695. The highest BCUT2D eigenvalue weighted by Crippen LogP contribution is 2.14. The predicted molar refractivity (Wildman–Crippen MR) is 112 cm³/mol. The molecule has 0 spiro atoms. The molecule has 2 rings (SSSR count). The summed E-state index contributed by atoms with van der Waals surface area (Å²) in [5.74, 6) is -1.17. The molecule has 0 unspecified atom stereocenters. The zero-order chi connectivity index (χ0) is 21.9. The van der Waals surface area contributed by atoms with Crippen LogP contribution in [0.15, 0.2) is 48.5 Å². The summed E-state index contributed by atoms with van der Waals surface area (Å²) >= 11 is 0. The first-order valence-electron chi connectivity index (χ1n) is 9.57. The van der Waals surface area contributed by atoms with E-state index < -0.39 is 18.7 Å². The Bertz CT molecular complexity index is 908. The number of ketones is 1. The zero-order valence-corrected chi connectivity index (χ0v) is 16.9. The molecule has 0 aliphatic rings. The van der Waals surface area contributed by atoms with Crippen molar-refractivity contribution in [3.8, 4) is 0 Å². The van der Waals surface area contributed by atoms with Gasteiger partial charge in [0.25, 0.3) is 0 Å². The van der Waals surface area contributed by atoms with Gasteiger partial charge in [-0.3, -0.25) is 14.9 Å². The van der Waals surface area contributed by atoms with Gasteiger partial charge in [0.2, 0.25) is 5.91 Å². The minimum absolute atomic E-state index is 0.0924. The van der Waals surface area contributed by atoms with E-state index in [-0.39, 0.29) is 23.9 Å². The van der Waals surface area contributed by atoms with E-state index in [0.29, 0.717) is 23.4 Å². The van der Waals surface area contributed by atoms with Crippen LogP contribution in [0, 0.1) is 0 Å². The largest absolute Gasteiger partial charge is 0.454 e. The van der Waals surface area contributed by atoms with Crippen molar-refractivity contribution in [2.75, 3.05) is 23.8 Å². The molecule has 0 aromatic heterocycles. The molecule has 0 atom stereocenters. The van der Waals surface area contributed by atoms with Crippen LogP contribution in [0.2, 0.25) is 0 Å². The lowest BCUT2D eigenvalue weighted by atomic mass is 10.1. The third-order valence-electron chi connectivity index (χ3n) is 3.92. The monoisotopic (exact) mass is 412 g/mol. The van der Waals surface area contributed by atoms with E-state index in [4.69, 9.17) is 9.47 Å².